The normalized spacial score (nSPS) is 11.1. The van der Waals surface area contributed by atoms with Crippen LogP contribution in [0.4, 0.5) is 11.5 Å². The van der Waals surface area contributed by atoms with Crippen molar-refractivity contribution in [1.29, 1.82) is 0 Å². The fourth-order valence-electron chi connectivity index (χ4n) is 3.10. The van der Waals surface area contributed by atoms with Crippen LogP contribution >= 0.6 is 0 Å². The van der Waals surface area contributed by atoms with E-state index in [1.807, 2.05) is 37.2 Å². The van der Waals surface area contributed by atoms with Gasteiger partial charge in [0, 0.05) is 42.7 Å². The van der Waals surface area contributed by atoms with Crippen molar-refractivity contribution in [1.82, 2.24) is 29.8 Å². The van der Waals surface area contributed by atoms with Crippen molar-refractivity contribution in [3.05, 3.63) is 77.0 Å². The first-order valence-electron chi connectivity index (χ1n) is 9.83. The number of aromatic amines is 1. The second-order valence-electron chi connectivity index (χ2n) is 7.35. The minimum absolute atomic E-state index is 0.117. The number of nitrogens with zero attached hydrogens (tertiary/aromatic N) is 4. The van der Waals surface area contributed by atoms with Gasteiger partial charge < -0.3 is 20.5 Å². The molecule has 0 saturated heterocycles. The molecule has 0 aliphatic rings. The Morgan fingerprint density at radius 2 is 2.06 bits per heavy atom. The zero-order chi connectivity index (χ0) is 21.8. The number of nitrogens with one attached hydrogen (secondary N) is 3. The average Bonchev–Trinajstić information content (AvgIpc) is 3.18. The van der Waals surface area contributed by atoms with E-state index < -0.39 is 0 Å². The summed E-state index contributed by atoms with van der Waals surface area (Å²) in [6.07, 6.45) is 5.12. The van der Waals surface area contributed by atoms with Gasteiger partial charge in [-0.1, -0.05) is 12.1 Å². The number of pyridine rings is 1. The number of carbonyl (C=O) groups is 1. The van der Waals surface area contributed by atoms with E-state index in [4.69, 9.17) is 0 Å². The van der Waals surface area contributed by atoms with Crippen molar-refractivity contribution >= 4 is 23.1 Å². The van der Waals surface area contributed by atoms with Gasteiger partial charge in [-0.3, -0.25) is 9.59 Å². The molecule has 0 atom stereocenters. The number of hydrogen-bond acceptors (Lipinski definition) is 6. The fraction of sp³-hybridized carbons (Fsp3) is 0.182. The van der Waals surface area contributed by atoms with E-state index >= 15 is 0 Å². The molecule has 4 rings (SSSR count). The van der Waals surface area contributed by atoms with Crippen molar-refractivity contribution in [2.24, 2.45) is 0 Å². The highest BCUT2D eigenvalue weighted by atomic mass is 16.1. The maximum atomic E-state index is 12.5. The summed E-state index contributed by atoms with van der Waals surface area (Å²) in [4.78, 5) is 33.0. The summed E-state index contributed by atoms with van der Waals surface area (Å²) < 4.78 is 1.68. The Hall–Kier alpha value is -3.98. The number of anilines is 2. The molecule has 0 spiro atoms. The lowest BCUT2D eigenvalue weighted by Crippen LogP contribution is -2.31. The molecule has 4 aromatic rings. The van der Waals surface area contributed by atoms with Crippen molar-refractivity contribution in [3.63, 3.8) is 0 Å². The predicted molar refractivity (Wildman–Crippen MR) is 120 cm³/mol. The Labute approximate surface area is 178 Å². The molecule has 3 N–H and O–H groups in total. The van der Waals surface area contributed by atoms with Gasteiger partial charge in [-0.15, -0.1) is 0 Å². The molecule has 0 unspecified atom stereocenters. The van der Waals surface area contributed by atoms with Crippen molar-refractivity contribution < 1.29 is 4.79 Å². The average molecular weight is 417 g/mol. The lowest BCUT2D eigenvalue weighted by Gasteiger charge is -2.11. The number of H-pyrrole nitrogens is 1. The fourth-order valence-corrected chi connectivity index (χ4v) is 3.10. The molecule has 0 saturated carbocycles. The molecule has 0 aliphatic heterocycles. The summed E-state index contributed by atoms with van der Waals surface area (Å²) in [7, 11) is 3.93. The Morgan fingerprint density at radius 3 is 2.84 bits per heavy atom. The van der Waals surface area contributed by atoms with Crippen LogP contribution in [0.5, 0.6) is 0 Å². The number of fused-ring (bicyclic) bond motifs is 1. The number of rotatable bonds is 7. The Balaban J connectivity index is 1.60. The second kappa shape index (κ2) is 8.80. The number of benzene rings is 1. The summed E-state index contributed by atoms with van der Waals surface area (Å²) in [6, 6.07) is 12.3. The van der Waals surface area contributed by atoms with Gasteiger partial charge in [0.05, 0.1) is 11.9 Å². The minimum Gasteiger partial charge on any atom is -0.351 e. The largest absolute Gasteiger partial charge is 0.351 e. The minimum atomic E-state index is -0.169. The van der Waals surface area contributed by atoms with Gasteiger partial charge in [-0.25, -0.2) is 9.50 Å². The lowest BCUT2D eigenvalue weighted by molar-refractivity contribution is 0.0951. The Kier molecular flexibility index (Phi) is 5.76. The molecule has 3 heterocycles. The van der Waals surface area contributed by atoms with Crippen LogP contribution in [-0.4, -0.2) is 57.6 Å². The molecule has 158 valence electrons. The molecule has 1 aromatic carbocycles. The summed E-state index contributed by atoms with van der Waals surface area (Å²) in [5, 5.41) is 10.5. The topological polar surface area (TPSA) is 107 Å². The third-order valence-corrected chi connectivity index (χ3v) is 4.71. The summed E-state index contributed by atoms with van der Waals surface area (Å²) >= 11 is 0. The lowest BCUT2D eigenvalue weighted by atomic mass is 10.1. The zero-order valence-electron chi connectivity index (χ0n) is 17.3. The number of carbonyl (C=O) groups excluding carboxylic acids is 1. The van der Waals surface area contributed by atoms with E-state index in [2.05, 4.69) is 25.7 Å². The molecule has 0 radical (unpaired) electrons. The predicted octanol–water partition coefficient (Wildman–Crippen LogP) is 2.12. The highest BCUT2D eigenvalue weighted by Gasteiger charge is 2.12. The maximum absolute atomic E-state index is 12.5. The van der Waals surface area contributed by atoms with Crippen LogP contribution in [0.15, 0.2) is 65.8 Å². The third-order valence-electron chi connectivity index (χ3n) is 4.71. The smallest absolute Gasteiger partial charge is 0.251 e. The quantitative estimate of drug-likeness (QED) is 0.425. The standard InChI is InChI=1S/C22H23N7O2/c1-28(2)11-9-23-22(31)16-5-3-4-15(12-16)18-14-25-29-10-8-19(27-21(18)29)26-17-6-7-20(30)24-13-17/h3-8,10,12-14H,9,11H2,1-2H3,(H,23,31)(H,24,30)(H,26,27). The zero-order valence-corrected chi connectivity index (χ0v) is 17.3. The van der Waals surface area contributed by atoms with Gasteiger partial charge in [0.1, 0.15) is 5.82 Å². The SMILES string of the molecule is CN(C)CCNC(=O)c1cccc(-c2cnn3ccc(Nc4ccc(=O)[nH]c4)nc23)c1. The third kappa shape index (κ3) is 4.78. The molecular formula is C22H23N7O2. The molecule has 1 amide bonds. The monoisotopic (exact) mass is 417 g/mol. The van der Waals surface area contributed by atoms with E-state index in [9.17, 15) is 9.59 Å². The summed E-state index contributed by atoms with van der Waals surface area (Å²) in [5.41, 5.74) is 3.45. The highest BCUT2D eigenvalue weighted by molar-refractivity contribution is 5.96. The van der Waals surface area contributed by atoms with Crippen LogP contribution in [0.3, 0.4) is 0 Å². The van der Waals surface area contributed by atoms with Gasteiger partial charge in [0.2, 0.25) is 5.56 Å². The molecule has 9 heteroatoms. The highest BCUT2D eigenvalue weighted by Crippen LogP contribution is 2.25. The van der Waals surface area contributed by atoms with Crippen molar-refractivity contribution in [3.8, 4) is 11.1 Å². The molecule has 3 aromatic heterocycles. The van der Waals surface area contributed by atoms with Gasteiger partial charge in [0.25, 0.3) is 5.91 Å². The number of hydrogen-bond donors (Lipinski definition) is 3. The van der Waals surface area contributed by atoms with Crippen LogP contribution in [0.25, 0.3) is 16.8 Å². The van der Waals surface area contributed by atoms with Crippen LogP contribution in [0, 0.1) is 0 Å². The number of aromatic nitrogens is 4. The molecule has 0 aliphatic carbocycles. The summed E-state index contributed by atoms with van der Waals surface area (Å²) in [6.45, 7) is 1.35. The first kappa shape index (κ1) is 20.3. The first-order valence-corrected chi connectivity index (χ1v) is 9.83. The molecule has 9 nitrogen and oxygen atoms in total. The van der Waals surface area contributed by atoms with E-state index in [0.717, 1.165) is 17.7 Å². The van der Waals surface area contributed by atoms with Gasteiger partial charge in [-0.2, -0.15) is 5.10 Å². The van der Waals surface area contributed by atoms with Crippen LogP contribution in [0.1, 0.15) is 10.4 Å². The molecular weight excluding hydrogens is 394 g/mol. The number of amides is 1. The van der Waals surface area contributed by atoms with E-state index in [1.165, 1.54) is 6.07 Å². The van der Waals surface area contributed by atoms with Crippen molar-refractivity contribution in [2.45, 2.75) is 0 Å². The van der Waals surface area contributed by atoms with Gasteiger partial charge >= 0.3 is 0 Å². The molecule has 0 fully saturated rings. The van der Waals surface area contributed by atoms with E-state index in [0.29, 0.717) is 29.3 Å². The maximum Gasteiger partial charge on any atom is 0.251 e. The Morgan fingerprint density at radius 1 is 1.19 bits per heavy atom. The van der Waals surface area contributed by atoms with E-state index in [-0.39, 0.29) is 11.5 Å². The van der Waals surface area contributed by atoms with Gasteiger partial charge in [0.15, 0.2) is 5.65 Å². The molecule has 31 heavy (non-hydrogen) atoms. The summed E-state index contributed by atoms with van der Waals surface area (Å²) in [5.74, 6) is 0.493. The van der Waals surface area contributed by atoms with E-state index in [1.54, 1.807) is 41.3 Å². The van der Waals surface area contributed by atoms with Crippen LogP contribution < -0.4 is 16.2 Å². The number of likely N-dealkylation sites (N-methyl/N-ethyl adjacent to an activating group) is 1. The van der Waals surface area contributed by atoms with Crippen LogP contribution in [-0.2, 0) is 0 Å². The Bertz CT molecular complexity index is 1260. The molecule has 0 bridgehead atoms. The second-order valence-corrected chi connectivity index (χ2v) is 7.35. The van der Waals surface area contributed by atoms with Gasteiger partial charge in [-0.05, 0) is 43.9 Å². The van der Waals surface area contributed by atoms with Crippen molar-refractivity contribution in [2.75, 3.05) is 32.5 Å². The first-order chi connectivity index (χ1) is 15.0. The van der Waals surface area contributed by atoms with Crippen LogP contribution in [0.2, 0.25) is 0 Å².